The van der Waals surface area contributed by atoms with E-state index in [1.54, 1.807) is 0 Å². The van der Waals surface area contributed by atoms with Crippen LogP contribution in [0, 0.1) is 22.7 Å². The maximum atomic E-state index is 3.63. The SMILES string of the molecule is CC1CCC12C(CBr)C2(C)C. The lowest BCUT2D eigenvalue weighted by Crippen LogP contribution is -2.30. The summed E-state index contributed by atoms with van der Waals surface area (Å²) in [4.78, 5) is 0. The largest absolute Gasteiger partial charge is 0.0925 e. The highest BCUT2D eigenvalue weighted by atomic mass is 79.9. The highest BCUT2D eigenvalue weighted by molar-refractivity contribution is 9.09. The highest BCUT2D eigenvalue weighted by Gasteiger charge is 2.74. The second kappa shape index (κ2) is 2.04. The van der Waals surface area contributed by atoms with Gasteiger partial charge in [0.2, 0.25) is 0 Å². The van der Waals surface area contributed by atoms with Gasteiger partial charge in [0.25, 0.3) is 0 Å². The Kier molecular flexibility index (Phi) is 1.50. The molecule has 3 unspecified atom stereocenters. The fourth-order valence-corrected chi connectivity index (χ4v) is 4.94. The van der Waals surface area contributed by atoms with Gasteiger partial charge in [-0.15, -0.1) is 0 Å². The van der Waals surface area contributed by atoms with E-state index in [0.29, 0.717) is 5.41 Å². The molecule has 0 aliphatic heterocycles. The molecule has 0 N–H and O–H groups in total. The lowest BCUT2D eigenvalue weighted by molar-refractivity contribution is 0.114. The molecule has 2 saturated carbocycles. The number of hydrogen-bond donors (Lipinski definition) is 0. The zero-order valence-corrected chi connectivity index (χ0v) is 9.24. The Morgan fingerprint density at radius 2 is 2.09 bits per heavy atom. The zero-order valence-electron chi connectivity index (χ0n) is 7.65. The topological polar surface area (TPSA) is 0 Å². The summed E-state index contributed by atoms with van der Waals surface area (Å²) >= 11 is 3.63. The van der Waals surface area contributed by atoms with Crippen molar-refractivity contribution in [1.82, 2.24) is 0 Å². The standard InChI is InChI=1S/C10H17Br/c1-7-4-5-10(7)8(6-11)9(10,2)3/h7-8H,4-6H2,1-3H3. The molecule has 0 radical (unpaired) electrons. The molecule has 1 heteroatoms. The van der Waals surface area contributed by atoms with Crippen molar-refractivity contribution in [2.75, 3.05) is 5.33 Å². The molecular weight excluding hydrogens is 200 g/mol. The van der Waals surface area contributed by atoms with Crippen LogP contribution in [-0.4, -0.2) is 5.33 Å². The smallest absolute Gasteiger partial charge is 0.00705 e. The minimum atomic E-state index is 0.633. The maximum Gasteiger partial charge on any atom is 0.00705 e. The Bertz CT molecular complexity index is 185. The lowest BCUT2D eigenvalue weighted by atomic mass is 9.67. The number of hydrogen-bond acceptors (Lipinski definition) is 0. The van der Waals surface area contributed by atoms with Crippen molar-refractivity contribution in [2.45, 2.75) is 33.6 Å². The molecule has 0 bridgehead atoms. The first-order valence-corrected chi connectivity index (χ1v) is 5.75. The van der Waals surface area contributed by atoms with Crippen molar-refractivity contribution < 1.29 is 0 Å². The van der Waals surface area contributed by atoms with Crippen LogP contribution in [-0.2, 0) is 0 Å². The molecule has 2 fully saturated rings. The van der Waals surface area contributed by atoms with Crippen LogP contribution in [0.1, 0.15) is 33.6 Å². The zero-order chi connectivity index (χ0) is 8.28. The van der Waals surface area contributed by atoms with E-state index in [9.17, 15) is 0 Å². The van der Waals surface area contributed by atoms with Gasteiger partial charge >= 0.3 is 0 Å². The Morgan fingerprint density at radius 3 is 2.18 bits per heavy atom. The van der Waals surface area contributed by atoms with Gasteiger partial charge in [0, 0.05) is 5.33 Å². The summed E-state index contributed by atoms with van der Waals surface area (Å²) in [6, 6.07) is 0. The van der Waals surface area contributed by atoms with Crippen LogP contribution in [0.3, 0.4) is 0 Å². The molecule has 0 heterocycles. The Morgan fingerprint density at radius 1 is 1.45 bits per heavy atom. The van der Waals surface area contributed by atoms with Gasteiger partial charge in [0.1, 0.15) is 0 Å². The van der Waals surface area contributed by atoms with Gasteiger partial charge in [-0.05, 0) is 35.5 Å². The average molecular weight is 217 g/mol. The fourth-order valence-electron chi connectivity index (χ4n) is 3.55. The molecule has 3 atom stereocenters. The highest BCUT2D eigenvalue weighted by Crippen LogP contribution is 2.80. The van der Waals surface area contributed by atoms with E-state index in [4.69, 9.17) is 0 Å². The summed E-state index contributed by atoms with van der Waals surface area (Å²) in [7, 11) is 0. The van der Waals surface area contributed by atoms with Gasteiger partial charge in [-0.3, -0.25) is 0 Å². The first-order chi connectivity index (χ1) is 5.07. The maximum absolute atomic E-state index is 3.63. The molecular formula is C10H17Br. The average Bonchev–Trinajstić information content (AvgIpc) is 2.46. The molecule has 2 aliphatic rings. The Labute approximate surface area is 77.9 Å². The molecule has 0 amide bonds. The Balaban J connectivity index is 2.18. The third-order valence-electron chi connectivity index (χ3n) is 4.63. The van der Waals surface area contributed by atoms with Crippen molar-refractivity contribution in [2.24, 2.45) is 22.7 Å². The monoisotopic (exact) mass is 216 g/mol. The van der Waals surface area contributed by atoms with Crippen LogP contribution >= 0.6 is 15.9 Å². The van der Waals surface area contributed by atoms with Crippen LogP contribution < -0.4 is 0 Å². The minimum Gasteiger partial charge on any atom is -0.0925 e. The van der Waals surface area contributed by atoms with Crippen LogP contribution in [0.25, 0.3) is 0 Å². The van der Waals surface area contributed by atoms with Crippen LogP contribution in [0.5, 0.6) is 0 Å². The molecule has 0 aromatic heterocycles. The van der Waals surface area contributed by atoms with Gasteiger partial charge in [0.15, 0.2) is 0 Å². The summed E-state index contributed by atoms with van der Waals surface area (Å²) in [6.07, 6.45) is 2.95. The van der Waals surface area contributed by atoms with Crippen molar-refractivity contribution in [1.29, 1.82) is 0 Å². The summed E-state index contributed by atoms with van der Waals surface area (Å²) in [5.74, 6) is 1.94. The molecule has 0 saturated heterocycles. The van der Waals surface area contributed by atoms with Crippen LogP contribution in [0.4, 0.5) is 0 Å². The van der Waals surface area contributed by atoms with Gasteiger partial charge in [-0.1, -0.05) is 36.7 Å². The van der Waals surface area contributed by atoms with Gasteiger partial charge in [0.05, 0.1) is 0 Å². The van der Waals surface area contributed by atoms with E-state index in [1.165, 1.54) is 18.2 Å². The number of rotatable bonds is 1. The second-order valence-electron chi connectivity index (χ2n) is 4.91. The lowest BCUT2D eigenvalue weighted by Gasteiger charge is -2.38. The van der Waals surface area contributed by atoms with E-state index < -0.39 is 0 Å². The van der Waals surface area contributed by atoms with E-state index in [2.05, 4.69) is 36.7 Å². The third-order valence-corrected chi connectivity index (χ3v) is 5.28. The molecule has 0 aromatic rings. The van der Waals surface area contributed by atoms with Crippen molar-refractivity contribution in [3.8, 4) is 0 Å². The van der Waals surface area contributed by atoms with Crippen LogP contribution in [0.2, 0.25) is 0 Å². The van der Waals surface area contributed by atoms with Crippen molar-refractivity contribution >= 4 is 15.9 Å². The first-order valence-electron chi connectivity index (χ1n) is 4.63. The number of alkyl halides is 1. The van der Waals surface area contributed by atoms with E-state index in [-0.39, 0.29) is 0 Å². The molecule has 0 aromatic carbocycles. The molecule has 2 aliphatic carbocycles. The molecule has 1 spiro atoms. The molecule has 2 rings (SSSR count). The number of halogens is 1. The van der Waals surface area contributed by atoms with E-state index in [0.717, 1.165) is 17.3 Å². The normalized spacial score (nSPS) is 52.4. The minimum absolute atomic E-state index is 0.633. The Hall–Kier alpha value is 0.480. The van der Waals surface area contributed by atoms with E-state index in [1.807, 2.05) is 0 Å². The summed E-state index contributed by atoms with van der Waals surface area (Å²) in [5.41, 5.74) is 1.38. The predicted octanol–water partition coefficient (Wildman–Crippen LogP) is 3.45. The second-order valence-corrected chi connectivity index (χ2v) is 5.56. The third kappa shape index (κ3) is 0.672. The summed E-state index contributed by atoms with van der Waals surface area (Å²) < 4.78 is 0. The van der Waals surface area contributed by atoms with E-state index >= 15 is 0 Å². The van der Waals surface area contributed by atoms with Gasteiger partial charge in [-0.2, -0.15) is 0 Å². The first kappa shape index (κ1) is 8.10. The van der Waals surface area contributed by atoms with Gasteiger partial charge < -0.3 is 0 Å². The van der Waals surface area contributed by atoms with Crippen molar-refractivity contribution in [3.63, 3.8) is 0 Å². The van der Waals surface area contributed by atoms with Crippen molar-refractivity contribution in [3.05, 3.63) is 0 Å². The molecule has 0 nitrogen and oxygen atoms in total. The quantitative estimate of drug-likeness (QED) is 0.590. The molecule has 11 heavy (non-hydrogen) atoms. The predicted molar refractivity (Wildman–Crippen MR) is 51.9 cm³/mol. The van der Waals surface area contributed by atoms with Gasteiger partial charge in [-0.25, -0.2) is 0 Å². The molecule has 64 valence electrons. The summed E-state index contributed by atoms with van der Waals surface area (Å²) in [5, 5.41) is 1.21. The fraction of sp³-hybridized carbons (Fsp3) is 1.00. The summed E-state index contributed by atoms with van der Waals surface area (Å²) in [6.45, 7) is 7.30. The van der Waals surface area contributed by atoms with Crippen LogP contribution in [0.15, 0.2) is 0 Å².